The Balaban J connectivity index is 1.92. The molecule has 0 N–H and O–H groups in total. The molecule has 2 atom stereocenters. The number of ketones is 1. The lowest BCUT2D eigenvalue weighted by molar-refractivity contribution is -0.114. The molecule has 2 aliphatic carbocycles. The highest BCUT2D eigenvalue weighted by atomic mass is 16.6. The largest absolute Gasteiger partial charge is 0.493 e. The third kappa shape index (κ3) is 2.79. The van der Waals surface area contributed by atoms with Crippen LogP contribution in [0, 0.1) is 0 Å². The standard InChI is InChI=1S/C22H25NO6/c1-5-29-21(25)23-7-6-22-12-20(28-4)17(24)10-15(22)16(23)8-13-9-18(26-2)19(27-3)11-14(13)22/h9-12,16H,5-8H2,1-4H3/t16-,22+/m1/s1. The normalized spacial score (nSPS) is 24.6. The van der Waals surface area contributed by atoms with Gasteiger partial charge in [0, 0.05) is 12.0 Å². The maximum Gasteiger partial charge on any atom is 0.410 e. The van der Waals surface area contributed by atoms with Gasteiger partial charge < -0.3 is 23.8 Å². The van der Waals surface area contributed by atoms with Crippen LogP contribution in [0.3, 0.4) is 0 Å². The SMILES string of the molecule is CCOC(=O)N1CC[C@@]23C=C(OC)C(=O)C=C2[C@H]1Cc1cc(OC)c(OC)cc13. The molecule has 1 aromatic rings. The van der Waals surface area contributed by atoms with E-state index in [1.807, 2.05) is 18.2 Å². The molecular weight excluding hydrogens is 374 g/mol. The Morgan fingerprint density at radius 3 is 2.55 bits per heavy atom. The highest BCUT2D eigenvalue weighted by molar-refractivity contribution is 6.05. The number of allylic oxidation sites excluding steroid dienone is 2. The van der Waals surface area contributed by atoms with Gasteiger partial charge >= 0.3 is 6.09 Å². The highest BCUT2D eigenvalue weighted by Crippen LogP contribution is 2.53. The van der Waals surface area contributed by atoms with Gasteiger partial charge in [0.1, 0.15) is 0 Å². The summed E-state index contributed by atoms with van der Waals surface area (Å²) < 4.78 is 21.7. The summed E-state index contributed by atoms with van der Waals surface area (Å²) in [5, 5.41) is 0. The van der Waals surface area contributed by atoms with E-state index in [0.29, 0.717) is 43.3 Å². The number of piperidine rings is 1. The summed E-state index contributed by atoms with van der Waals surface area (Å²) >= 11 is 0. The van der Waals surface area contributed by atoms with Crippen molar-refractivity contribution in [3.8, 4) is 11.5 Å². The van der Waals surface area contributed by atoms with Gasteiger partial charge in [-0.1, -0.05) is 0 Å². The predicted octanol–water partition coefficient (Wildman–Crippen LogP) is 2.77. The van der Waals surface area contributed by atoms with Gasteiger partial charge in [0.05, 0.1) is 34.0 Å². The Hall–Kier alpha value is -2.96. The van der Waals surface area contributed by atoms with Gasteiger partial charge in [0.25, 0.3) is 0 Å². The van der Waals surface area contributed by atoms with Crippen molar-refractivity contribution in [1.29, 1.82) is 0 Å². The fraction of sp³-hybridized carbons (Fsp3) is 0.455. The molecular formula is C22H25NO6. The summed E-state index contributed by atoms with van der Waals surface area (Å²) in [6, 6.07) is 3.69. The summed E-state index contributed by atoms with van der Waals surface area (Å²) in [6.07, 6.45) is 4.38. The summed E-state index contributed by atoms with van der Waals surface area (Å²) in [7, 11) is 4.71. The number of methoxy groups -OCH3 is 3. The zero-order chi connectivity index (χ0) is 20.8. The van der Waals surface area contributed by atoms with Crippen LogP contribution < -0.4 is 9.47 Å². The number of benzene rings is 1. The Labute approximate surface area is 169 Å². The molecule has 1 aromatic carbocycles. The van der Waals surface area contributed by atoms with E-state index in [0.717, 1.165) is 16.7 Å². The van der Waals surface area contributed by atoms with E-state index in [-0.39, 0.29) is 17.9 Å². The minimum absolute atomic E-state index is 0.183. The molecule has 1 saturated heterocycles. The first kappa shape index (κ1) is 19.4. The molecule has 3 aliphatic rings. The molecule has 0 aromatic heterocycles. The summed E-state index contributed by atoms with van der Waals surface area (Å²) in [6.45, 7) is 2.62. The fourth-order valence-corrected chi connectivity index (χ4v) is 4.84. The Kier molecular flexibility index (Phi) is 4.76. The van der Waals surface area contributed by atoms with Gasteiger partial charge in [-0.3, -0.25) is 4.79 Å². The lowest BCUT2D eigenvalue weighted by Gasteiger charge is -2.52. The first-order valence-corrected chi connectivity index (χ1v) is 9.71. The van der Waals surface area contributed by atoms with Crippen LogP contribution in [0.4, 0.5) is 4.79 Å². The number of hydrogen-bond donors (Lipinski definition) is 0. The molecule has 154 valence electrons. The summed E-state index contributed by atoms with van der Waals surface area (Å²) in [5.74, 6) is 1.41. The molecule has 4 rings (SSSR count). The van der Waals surface area contributed by atoms with Gasteiger partial charge in [-0.15, -0.1) is 0 Å². The number of carbonyl (C=O) groups is 2. The van der Waals surface area contributed by atoms with Gasteiger partial charge in [0.2, 0.25) is 5.78 Å². The van der Waals surface area contributed by atoms with E-state index in [1.54, 1.807) is 32.1 Å². The molecule has 0 spiro atoms. The van der Waals surface area contributed by atoms with E-state index in [2.05, 4.69) is 0 Å². The topological polar surface area (TPSA) is 74.3 Å². The molecule has 1 fully saturated rings. The molecule has 0 saturated carbocycles. The minimum Gasteiger partial charge on any atom is -0.493 e. The molecule has 1 heterocycles. The van der Waals surface area contributed by atoms with Crippen LogP contribution in [0.25, 0.3) is 0 Å². The van der Waals surface area contributed by atoms with E-state index in [1.165, 1.54) is 7.11 Å². The van der Waals surface area contributed by atoms with Crippen LogP contribution in [0.1, 0.15) is 24.5 Å². The number of carbonyl (C=O) groups excluding carboxylic acids is 2. The van der Waals surface area contributed by atoms with Gasteiger partial charge in [-0.25, -0.2) is 4.79 Å². The second-order valence-corrected chi connectivity index (χ2v) is 7.37. The Morgan fingerprint density at radius 1 is 1.17 bits per heavy atom. The van der Waals surface area contributed by atoms with Gasteiger partial charge in [0.15, 0.2) is 17.3 Å². The Morgan fingerprint density at radius 2 is 1.90 bits per heavy atom. The van der Waals surface area contributed by atoms with E-state index < -0.39 is 5.41 Å². The molecule has 1 amide bonds. The van der Waals surface area contributed by atoms with Crippen molar-refractivity contribution in [3.63, 3.8) is 0 Å². The van der Waals surface area contributed by atoms with Crippen LogP contribution in [-0.2, 0) is 26.1 Å². The number of hydrogen-bond acceptors (Lipinski definition) is 6. The third-order valence-electron chi connectivity index (χ3n) is 6.13. The molecule has 7 heteroatoms. The summed E-state index contributed by atoms with van der Waals surface area (Å²) in [5.41, 5.74) is 2.49. The monoisotopic (exact) mass is 399 g/mol. The smallest absolute Gasteiger partial charge is 0.410 e. The Bertz CT molecular complexity index is 933. The highest BCUT2D eigenvalue weighted by Gasteiger charge is 2.52. The average Bonchev–Trinajstić information content (AvgIpc) is 2.72. The van der Waals surface area contributed by atoms with Crippen molar-refractivity contribution in [2.24, 2.45) is 0 Å². The first-order valence-electron chi connectivity index (χ1n) is 9.71. The molecule has 7 nitrogen and oxygen atoms in total. The maximum atomic E-state index is 12.6. The van der Waals surface area contributed by atoms with Crippen LogP contribution >= 0.6 is 0 Å². The van der Waals surface area contributed by atoms with E-state index in [9.17, 15) is 9.59 Å². The van der Waals surface area contributed by atoms with Crippen molar-refractivity contribution in [2.45, 2.75) is 31.2 Å². The van der Waals surface area contributed by atoms with Crippen LogP contribution in [0.15, 0.2) is 35.6 Å². The molecule has 2 bridgehead atoms. The molecule has 0 radical (unpaired) electrons. The van der Waals surface area contributed by atoms with Crippen LogP contribution in [0.2, 0.25) is 0 Å². The summed E-state index contributed by atoms with van der Waals surface area (Å²) in [4.78, 5) is 26.9. The second-order valence-electron chi connectivity index (χ2n) is 7.37. The van der Waals surface area contributed by atoms with Crippen molar-refractivity contribution in [3.05, 3.63) is 46.7 Å². The van der Waals surface area contributed by atoms with Crippen LogP contribution in [-0.4, -0.2) is 57.3 Å². The van der Waals surface area contributed by atoms with Crippen molar-refractivity contribution in [2.75, 3.05) is 34.5 Å². The number of fused-ring (bicyclic) bond motifs is 1. The van der Waals surface area contributed by atoms with E-state index >= 15 is 0 Å². The lowest BCUT2D eigenvalue weighted by atomic mass is 9.58. The van der Waals surface area contributed by atoms with Gasteiger partial charge in [-0.05, 0) is 60.8 Å². The third-order valence-corrected chi connectivity index (χ3v) is 6.13. The van der Waals surface area contributed by atoms with Crippen molar-refractivity contribution in [1.82, 2.24) is 4.90 Å². The first-order chi connectivity index (χ1) is 14.0. The van der Waals surface area contributed by atoms with Crippen molar-refractivity contribution >= 4 is 11.9 Å². The van der Waals surface area contributed by atoms with E-state index in [4.69, 9.17) is 18.9 Å². The minimum atomic E-state index is -0.528. The fourth-order valence-electron chi connectivity index (χ4n) is 4.84. The van der Waals surface area contributed by atoms with Gasteiger partial charge in [-0.2, -0.15) is 0 Å². The quantitative estimate of drug-likeness (QED) is 0.775. The zero-order valence-corrected chi connectivity index (χ0v) is 17.1. The molecule has 0 unspecified atom stereocenters. The lowest BCUT2D eigenvalue weighted by Crippen LogP contribution is -2.57. The second kappa shape index (κ2) is 7.13. The average molecular weight is 399 g/mol. The zero-order valence-electron chi connectivity index (χ0n) is 17.1. The maximum absolute atomic E-state index is 12.6. The molecule has 29 heavy (non-hydrogen) atoms. The van der Waals surface area contributed by atoms with Crippen LogP contribution in [0.5, 0.6) is 11.5 Å². The number of rotatable bonds is 4. The predicted molar refractivity (Wildman–Crippen MR) is 105 cm³/mol. The van der Waals surface area contributed by atoms with Crippen molar-refractivity contribution < 1.29 is 28.5 Å². The molecule has 1 aliphatic heterocycles. The number of nitrogens with zero attached hydrogens (tertiary/aromatic N) is 1. The number of likely N-dealkylation sites (tertiary alicyclic amines) is 1. The number of amides is 1. The number of ether oxygens (including phenoxy) is 4.